The summed E-state index contributed by atoms with van der Waals surface area (Å²) in [6.07, 6.45) is 4.69. The van der Waals surface area contributed by atoms with Gasteiger partial charge in [0, 0.05) is 63.3 Å². The maximum Gasteiger partial charge on any atom is 0.223 e. The number of carbonyl (C=O) groups is 1. The Morgan fingerprint density at radius 1 is 1.24 bits per heavy atom. The van der Waals surface area contributed by atoms with Crippen molar-refractivity contribution in [3.8, 4) is 0 Å². The van der Waals surface area contributed by atoms with Crippen LogP contribution in [-0.4, -0.2) is 86.4 Å². The van der Waals surface area contributed by atoms with Crippen LogP contribution in [0.4, 0.5) is 5.69 Å². The van der Waals surface area contributed by atoms with Crippen LogP contribution in [0.2, 0.25) is 0 Å². The standard InChI is InChI=1S/C17H26N4O3S/c1-19(16-5-13-25(23,24)14-16)8-4-17(22)21-11-9-20(10-12-21)15-2-6-18-7-3-15/h2-3,6-7,16H,4-5,8-14H2,1H3/t16-/m0/s1. The molecule has 0 spiro atoms. The van der Waals surface area contributed by atoms with E-state index >= 15 is 0 Å². The highest BCUT2D eigenvalue weighted by atomic mass is 32.2. The molecule has 2 saturated heterocycles. The molecule has 1 aromatic heterocycles. The van der Waals surface area contributed by atoms with Gasteiger partial charge in [-0.1, -0.05) is 0 Å². The zero-order valence-corrected chi connectivity index (χ0v) is 15.5. The van der Waals surface area contributed by atoms with Crippen molar-refractivity contribution in [2.24, 2.45) is 0 Å². The molecular weight excluding hydrogens is 340 g/mol. The summed E-state index contributed by atoms with van der Waals surface area (Å²) >= 11 is 0. The van der Waals surface area contributed by atoms with Crippen molar-refractivity contribution < 1.29 is 13.2 Å². The summed E-state index contributed by atoms with van der Waals surface area (Å²) < 4.78 is 23.1. The number of amides is 1. The first kappa shape index (κ1) is 18.1. The molecule has 0 aliphatic carbocycles. The van der Waals surface area contributed by atoms with Crippen LogP contribution in [0.1, 0.15) is 12.8 Å². The minimum absolute atomic E-state index is 0.0568. The summed E-state index contributed by atoms with van der Waals surface area (Å²) in [6, 6.07) is 4.03. The van der Waals surface area contributed by atoms with Crippen LogP contribution in [0.3, 0.4) is 0 Å². The third-order valence-electron chi connectivity index (χ3n) is 5.17. The van der Waals surface area contributed by atoms with Gasteiger partial charge < -0.3 is 14.7 Å². The molecule has 1 amide bonds. The van der Waals surface area contributed by atoms with Gasteiger partial charge in [0.2, 0.25) is 5.91 Å². The van der Waals surface area contributed by atoms with Gasteiger partial charge in [0.1, 0.15) is 0 Å². The van der Waals surface area contributed by atoms with Gasteiger partial charge in [-0.3, -0.25) is 9.78 Å². The first-order chi connectivity index (χ1) is 11.9. The van der Waals surface area contributed by atoms with E-state index < -0.39 is 9.84 Å². The van der Waals surface area contributed by atoms with Gasteiger partial charge in [-0.15, -0.1) is 0 Å². The first-order valence-electron chi connectivity index (χ1n) is 8.78. The Kier molecular flexibility index (Phi) is 5.58. The summed E-state index contributed by atoms with van der Waals surface area (Å²) in [6.45, 7) is 3.72. The van der Waals surface area contributed by atoms with E-state index in [9.17, 15) is 13.2 Å². The van der Waals surface area contributed by atoms with E-state index in [-0.39, 0.29) is 23.5 Å². The van der Waals surface area contributed by atoms with Gasteiger partial charge in [-0.05, 0) is 25.6 Å². The number of sulfone groups is 1. The average molecular weight is 366 g/mol. The summed E-state index contributed by atoms with van der Waals surface area (Å²) in [5.41, 5.74) is 1.14. The van der Waals surface area contributed by atoms with E-state index in [1.807, 2.05) is 29.0 Å². The Hall–Kier alpha value is -1.67. The number of nitrogens with zero attached hydrogens (tertiary/aromatic N) is 4. The van der Waals surface area contributed by atoms with Crippen molar-refractivity contribution in [3.05, 3.63) is 24.5 Å². The number of anilines is 1. The lowest BCUT2D eigenvalue weighted by molar-refractivity contribution is -0.131. The van der Waals surface area contributed by atoms with Crippen LogP contribution < -0.4 is 4.90 Å². The number of aromatic nitrogens is 1. The van der Waals surface area contributed by atoms with Crippen LogP contribution in [0.25, 0.3) is 0 Å². The second-order valence-corrected chi connectivity index (χ2v) is 9.09. The number of hydrogen-bond donors (Lipinski definition) is 0. The SMILES string of the molecule is CN(CCC(=O)N1CCN(c2ccncc2)CC1)[C@H]1CCS(=O)(=O)C1. The number of piperazine rings is 1. The fourth-order valence-electron chi connectivity index (χ4n) is 3.50. The highest BCUT2D eigenvalue weighted by Gasteiger charge is 2.31. The summed E-state index contributed by atoms with van der Waals surface area (Å²) in [4.78, 5) is 22.7. The largest absolute Gasteiger partial charge is 0.368 e. The van der Waals surface area contributed by atoms with E-state index in [2.05, 4.69) is 9.88 Å². The molecule has 7 nitrogen and oxygen atoms in total. The van der Waals surface area contributed by atoms with Crippen molar-refractivity contribution in [2.45, 2.75) is 18.9 Å². The van der Waals surface area contributed by atoms with Crippen LogP contribution in [0.5, 0.6) is 0 Å². The minimum atomic E-state index is -2.88. The van der Waals surface area contributed by atoms with Crippen molar-refractivity contribution in [1.29, 1.82) is 0 Å². The second kappa shape index (κ2) is 7.70. The van der Waals surface area contributed by atoms with Gasteiger partial charge in [0.05, 0.1) is 11.5 Å². The molecular formula is C17H26N4O3S. The minimum Gasteiger partial charge on any atom is -0.368 e. The molecule has 3 rings (SSSR count). The molecule has 0 N–H and O–H groups in total. The summed E-state index contributed by atoms with van der Waals surface area (Å²) in [5, 5.41) is 0. The molecule has 0 bridgehead atoms. The van der Waals surface area contributed by atoms with Crippen LogP contribution in [0, 0.1) is 0 Å². The maximum absolute atomic E-state index is 12.4. The molecule has 3 heterocycles. The Morgan fingerprint density at radius 2 is 1.92 bits per heavy atom. The Labute approximate surface area is 149 Å². The molecule has 8 heteroatoms. The Bertz CT molecular complexity index is 687. The fraction of sp³-hybridized carbons (Fsp3) is 0.647. The van der Waals surface area contributed by atoms with Gasteiger partial charge in [0.25, 0.3) is 0 Å². The van der Waals surface area contributed by atoms with Crippen LogP contribution in [-0.2, 0) is 14.6 Å². The lowest BCUT2D eigenvalue weighted by atomic mass is 10.2. The van der Waals surface area contributed by atoms with Crippen LogP contribution in [0.15, 0.2) is 24.5 Å². The number of hydrogen-bond acceptors (Lipinski definition) is 6. The summed E-state index contributed by atoms with van der Waals surface area (Å²) in [7, 11) is -0.962. The number of rotatable bonds is 5. The van der Waals surface area contributed by atoms with Gasteiger partial charge in [-0.2, -0.15) is 0 Å². The van der Waals surface area contributed by atoms with Crippen molar-refractivity contribution in [1.82, 2.24) is 14.8 Å². The molecule has 0 aromatic carbocycles. The topological polar surface area (TPSA) is 73.8 Å². The van der Waals surface area contributed by atoms with Crippen molar-refractivity contribution in [3.63, 3.8) is 0 Å². The molecule has 138 valence electrons. The van der Waals surface area contributed by atoms with Gasteiger partial charge in [0.15, 0.2) is 9.84 Å². The zero-order chi connectivity index (χ0) is 17.9. The monoisotopic (exact) mass is 366 g/mol. The Morgan fingerprint density at radius 3 is 2.52 bits per heavy atom. The highest BCUT2D eigenvalue weighted by molar-refractivity contribution is 7.91. The Balaban J connectivity index is 1.42. The number of carbonyl (C=O) groups excluding carboxylic acids is 1. The lowest BCUT2D eigenvalue weighted by Gasteiger charge is -2.36. The predicted molar refractivity (Wildman–Crippen MR) is 97.3 cm³/mol. The summed E-state index contributed by atoms with van der Waals surface area (Å²) in [5.74, 6) is 0.650. The molecule has 0 unspecified atom stereocenters. The number of pyridine rings is 1. The normalized spacial score (nSPS) is 23.2. The molecule has 25 heavy (non-hydrogen) atoms. The molecule has 2 aliphatic heterocycles. The third-order valence-corrected chi connectivity index (χ3v) is 6.92. The molecule has 2 aliphatic rings. The predicted octanol–water partition coefficient (Wildman–Crippen LogP) is 0.239. The van der Waals surface area contributed by atoms with E-state index in [1.54, 1.807) is 12.4 Å². The van der Waals surface area contributed by atoms with E-state index in [1.165, 1.54) is 0 Å². The smallest absolute Gasteiger partial charge is 0.223 e. The quantitative estimate of drug-likeness (QED) is 0.743. The lowest BCUT2D eigenvalue weighted by Crippen LogP contribution is -2.49. The van der Waals surface area contributed by atoms with E-state index in [4.69, 9.17) is 0 Å². The zero-order valence-electron chi connectivity index (χ0n) is 14.7. The molecule has 1 atom stereocenters. The molecule has 0 saturated carbocycles. The average Bonchev–Trinajstić information content (AvgIpc) is 3.00. The van der Waals surface area contributed by atoms with E-state index in [0.717, 1.165) is 31.9 Å². The third kappa shape index (κ3) is 4.70. The molecule has 1 aromatic rings. The fourth-order valence-corrected chi connectivity index (χ4v) is 5.31. The highest BCUT2D eigenvalue weighted by Crippen LogP contribution is 2.18. The van der Waals surface area contributed by atoms with Crippen molar-refractivity contribution >= 4 is 21.4 Å². The molecule has 2 fully saturated rings. The van der Waals surface area contributed by atoms with Gasteiger partial charge in [-0.25, -0.2) is 8.42 Å². The first-order valence-corrected chi connectivity index (χ1v) is 10.6. The second-order valence-electron chi connectivity index (χ2n) is 6.86. The molecule has 0 radical (unpaired) electrons. The maximum atomic E-state index is 12.4. The van der Waals surface area contributed by atoms with Crippen LogP contribution >= 0.6 is 0 Å². The van der Waals surface area contributed by atoms with Crippen molar-refractivity contribution in [2.75, 3.05) is 56.2 Å². The van der Waals surface area contributed by atoms with E-state index in [0.29, 0.717) is 19.4 Å². The van der Waals surface area contributed by atoms with Gasteiger partial charge >= 0.3 is 0 Å².